The number of H-pyrrole nitrogens is 1. The summed E-state index contributed by atoms with van der Waals surface area (Å²) in [6.45, 7) is 3.35. The minimum absolute atomic E-state index is 0.0854. The highest BCUT2D eigenvalue weighted by Crippen LogP contribution is 2.31. The molecule has 7 heteroatoms. The summed E-state index contributed by atoms with van der Waals surface area (Å²) in [5.41, 5.74) is 4.93. The molecule has 1 N–H and O–H groups in total. The lowest BCUT2D eigenvalue weighted by molar-refractivity contribution is 0.0664. The number of aromatic nitrogens is 3. The SMILES string of the molecule is COc1ccccc1-c1ccc2c(-c3ccc(C(=O)N4CCN(C)CC4)cc3)[nH]nc2n1. The zero-order valence-electron chi connectivity index (χ0n) is 18.2. The number of fused-ring (bicyclic) bond motifs is 1. The van der Waals surface area contributed by atoms with Gasteiger partial charge in [-0.3, -0.25) is 9.89 Å². The summed E-state index contributed by atoms with van der Waals surface area (Å²) in [6, 6.07) is 19.5. The van der Waals surface area contributed by atoms with Gasteiger partial charge in [-0.25, -0.2) is 4.98 Å². The van der Waals surface area contributed by atoms with Gasteiger partial charge in [0, 0.05) is 48.3 Å². The van der Waals surface area contributed by atoms with Gasteiger partial charge in [-0.15, -0.1) is 0 Å². The summed E-state index contributed by atoms with van der Waals surface area (Å²) in [5, 5.41) is 8.46. The molecule has 5 rings (SSSR count). The first-order chi connectivity index (χ1) is 15.6. The van der Waals surface area contributed by atoms with E-state index in [2.05, 4.69) is 22.1 Å². The van der Waals surface area contributed by atoms with Crippen molar-refractivity contribution in [2.45, 2.75) is 0 Å². The van der Waals surface area contributed by atoms with Crippen LogP contribution in [0.2, 0.25) is 0 Å². The van der Waals surface area contributed by atoms with Crippen LogP contribution >= 0.6 is 0 Å². The molecule has 0 atom stereocenters. The molecule has 1 saturated heterocycles. The smallest absolute Gasteiger partial charge is 0.253 e. The van der Waals surface area contributed by atoms with Crippen molar-refractivity contribution in [1.29, 1.82) is 0 Å². The molecule has 0 aliphatic carbocycles. The third kappa shape index (κ3) is 3.71. The number of nitrogens with zero attached hydrogens (tertiary/aromatic N) is 4. The summed E-state index contributed by atoms with van der Waals surface area (Å²) >= 11 is 0. The van der Waals surface area contributed by atoms with Gasteiger partial charge in [0.2, 0.25) is 0 Å². The van der Waals surface area contributed by atoms with Crippen LogP contribution in [-0.2, 0) is 0 Å². The molecule has 0 radical (unpaired) electrons. The van der Waals surface area contributed by atoms with Crippen LogP contribution in [0.1, 0.15) is 10.4 Å². The fourth-order valence-electron chi connectivity index (χ4n) is 4.10. The number of aromatic amines is 1. The van der Waals surface area contributed by atoms with E-state index in [0.717, 1.165) is 59.8 Å². The first-order valence-electron chi connectivity index (χ1n) is 10.7. The van der Waals surface area contributed by atoms with Crippen LogP contribution in [0.4, 0.5) is 0 Å². The maximum atomic E-state index is 12.8. The van der Waals surface area contributed by atoms with Gasteiger partial charge in [0.05, 0.1) is 18.5 Å². The highest BCUT2D eigenvalue weighted by atomic mass is 16.5. The number of nitrogens with one attached hydrogen (secondary N) is 1. The predicted molar refractivity (Wildman–Crippen MR) is 125 cm³/mol. The van der Waals surface area contributed by atoms with Crippen molar-refractivity contribution in [3.8, 4) is 28.3 Å². The Morgan fingerprint density at radius 2 is 1.72 bits per heavy atom. The highest BCUT2D eigenvalue weighted by Gasteiger charge is 2.20. The van der Waals surface area contributed by atoms with Crippen LogP contribution in [-0.4, -0.2) is 71.2 Å². The number of ether oxygens (including phenoxy) is 1. The number of pyridine rings is 1. The first-order valence-corrected chi connectivity index (χ1v) is 10.7. The quantitative estimate of drug-likeness (QED) is 0.538. The van der Waals surface area contributed by atoms with Crippen molar-refractivity contribution in [2.24, 2.45) is 0 Å². The molecule has 3 heterocycles. The summed E-state index contributed by atoms with van der Waals surface area (Å²) in [5.74, 6) is 0.859. The van der Waals surface area contributed by atoms with E-state index in [1.165, 1.54) is 0 Å². The van der Waals surface area contributed by atoms with Crippen LogP contribution in [0.15, 0.2) is 60.7 Å². The molecular weight excluding hydrogens is 402 g/mol. The second kappa shape index (κ2) is 8.43. The zero-order chi connectivity index (χ0) is 22.1. The molecule has 4 aromatic rings. The molecule has 1 aliphatic rings. The van der Waals surface area contributed by atoms with Gasteiger partial charge in [-0.05, 0) is 43.4 Å². The first kappa shape index (κ1) is 20.2. The fourth-order valence-corrected chi connectivity index (χ4v) is 4.10. The van der Waals surface area contributed by atoms with Crippen LogP contribution in [0, 0.1) is 0 Å². The van der Waals surface area contributed by atoms with E-state index in [-0.39, 0.29) is 5.91 Å². The number of hydrogen-bond acceptors (Lipinski definition) is 5. The number of likely N-dealkylation sites (N-methyl/N-ethyl adjacent to an activating group) is 1. The molecule has 2 aromatic carbocycles. The number of benzene rings is 2. The van der Waals surface area contributed by atoms with Crippen molar-refractivity contribution in [3.63, 3.8) is 0 Å². The van der Waals surface area contributed by atoms with Crippen LogP contribution in [0.5, 0.6) is 5.75 Å². The number of hydrogen-bond donors (Lipinski definition) is 1. The molecule has 1 fully saturated rings. The number of carbonyl (C=O) groups excluding carboxylic acids is 1. The van der Waals surface area contributed by atoms with Crippen molar-refractivity contribution < 1.29 is 9.53 Å². The van der Waals surface area contributed by atoms with E-state index in [9.17, 15) is 4.79 Å². The second-order valence-electron chi connectivity index (χ2n) is 8.04. The largest absolute Gasteiger partial charge is 0.496 e. The van der Waals surface area contributed by atoms with Gasteiger partial charge in [-0.1, -0.05) is 24.3 Å². The van der Waals surface area contributed by atoms with Crippen molar-refractivity contribution in [2.75, 3.05) is 40.3 Å². The van der Waals surface area contributed by atoms with E-state index in [0.29, 0.717) is 11.2 Å². The van der Waals surface area contributed by atoms with E-state index >= 15 is 0 Å². The number of carbonyl (C=O) groups is 1. The number of rotatable bonds is 4. The lowest BCUT2D eigenvalue weighted by Crippen LogP contribution is -2.47. The molecule has 0 bridgehead atoms. The number of methoxy groups -OCH3 is 1. The van der Waals surface area contributed by atoms with Gasteiger partial charge in [0.25, 0.3) is 5.91 Å². The molecule has 7 nitrogen and oxygen atoms in total. The molecular formula is C25H25N5O2. The second-order valence-corrected chi connectivity index (χ2v) is 8.04. The van der Waals surface area contributed by atoms with Gasteiger partial charge in [0.15, 0.2) is 5.65 Å². The highest BCUT2D eigenvalue weighted by molar-refractivity contribution is 5.96. The van der Waals surface area contributed by atoms with Crippen molar-refractivity contribution >= 4 is 16.9 Å². The standard InChI is InChI=1S/C25H25N5O2/c1-29-13-15-30(16-14-29)25(31)18-9-7-17(8-10-18)23-20-11-12-21(26-24(20)28-27-23)19-5-3-4-6-22(19)32-2/h3-12H,13-16H2,1-2H3,(H,26,27,28). The minimum Gasteiger partial charge on any atom is -0.496 e. The average molecular weight is 428 g/mol. The Hall–Kier alpha value is -3.71. The summed E-state index contributed by atoms with van der Waals surface area (Å²) in [6.07, 6.45) is 0. The Labute approximate surface area is 186 Å². The monoisotopic (exact) mass is 427 g/mol. The zero-order valence-corrected chi connectivity index (χ0v) is 18.2. The number of para-hydroxylation sites is 1. The van der Waals surface area contributed by atoms with Crippen LogP contribution in [0.25, 0.3) is 33.5 Å². The van der Waals surface area contributed by atoms with E-state index < -0.39 is 0 Å². The topological polar surface area (TPSA) is 74.3 Å². The van der Waals surface area contributed by atoms with Crippen LogP contribution in [0.3, 0.4) is 0 Å². The molecule has 1 aliphatic heterocycles. The van der Waals surface area contributed by atoms with Gasteiger partial charge in [-0.2, -0.15) is 5.10 Å². The van der Waals surface area contributed by atoms with Crippen molar-refractivity contribution in [3.05, 3.63) is 66.2 Å². The molecule has 0 unspecified atom stereocenters. The van der Waals surface area contributed by atoms with Gasteiger partial charge < -0.3 is 14.5 Å². The Morgan fingerprint density at radius 1 is 0.969 bits per heavy atom. The Balaban J connectivity index is 1.41. The third-order valence-corrected chi connectivity index (χ3v) is 6.01. The van der Waals surface area contributed by atoms with Crippen molar-refractivity contribution in [1.82, 2.24) is 25.0 Å². The Bertz CT molecular complexity index is 1260. The number of piperazine rings is 1. The van der Waals surface area contributed by atoms with Gasteiger partial charge >= 0.3 is 0 Å². The predicted octanol–water partition coefficient (Wildman–Crippen LogP) is 3.69. The van der Waals surface area contributed by atoms with E-state index in [4.69, 9.17) is 9.72 Å². The maximum Gasteiger partial charge on any atom is 0.253 e. The summed E-state index contributed by atoms with van der Waals surface area (Å²) < 4.78 is 5.46. The molecule has 0 spiro atoms. The van der Waals surface area contributed by atoms with E-state index in [1.807, 2.05) is 65.6 Å². The maximum absolute atomic E-state index is 12.8. The average Bonchev–Trinajstić information content (AvgIpc) is 3.27. The normalized spacial score (nSPS) is 14.6. The molecule has 2 aromatic heterocycles. The Morgan fingerprint density at radius 3 is 2.47 bits per heavy atom. The lowest BCUT2D eigenvalue weighted by atomic mass is 10.0. The minimum atomic E-state index is 0.0854. The third-order valence-electron chi connectivity index (χ3n) is 6.01. The fraction of sp³-hybridized carbons (Fsp3) is 0.240. The molecule has 1 amide bonds. The molecule has 32 heavy (non-hydrogen) atoms. The summed E-state index contributed by atoms with van der Waals surface area (Å²) in [4.78, 5) is 21.7. The molecule has 0 saturated carbocycles. The lowest BCUT2D eigenvalue weighted by Gasteiger charge is -2.32. The van der Waals surface area contributed by atoms with Gasteiger partial charge in [0.1, 0.15) is 5.75 Å². The summed E-state index contributed by atoms with van der Waals surface area (Å²) in [7, 11) is 3.74. The van der Waals surface area contributed by atoms with Crippen LogP contribution < -0.4 is 4.74 Å². The number of amides is 1. The van der Waals surface area contributed by atoms with E-state index in [1.54, 1.807) is 7.11 Å². The molecule has 162 valence electrons. The Kier molecular flexibility index (Phi) is 5.33.